The summed E-state index contributed by atoms with van der Waals surface area (Å²) in [7, 11) is 0. The minimum absolute atomic E-state index is 0.00664. The number of aryl methyl sites for hydroxylation is 1. The van der Waals surface area contributed by atoms with E-state index in [1.54, 1.807) is 4.90 Å². The minimum Gasteiger partial charge on any atom is -0.382 e. The van der Waals surface area contributed by atoms with Crippen molar-refractivity contribution < 1.29 is 13.6 Å². The average molecular weight is 316 g/mol. The molecule has 0 atom stereocenters. The van der Waals surface area contributed by atoms with Crippen molar-refractivity contribution in [3.63, 3.8) is 0 Å². The lowest BCUT2D eigenvalue weighted by atomic mass is 10.0. The molecule has 2 aromatic rings. The average Bonchev–Trinajstić information content (AvgIpc) is 2.56. The lowest BCUT2D eigenvalue weighted by molar-refractivity contribution is -0.118. The van der Waals surface area contributed by atoms with Gasteiger partial charge < -0.3 is 10.2 Å². The minimum atomic E-state index is -0.652. The van der Waals surface area contributed by atoms with E-state index in [2.05, 4.69) is 5.32 Å². The molecule has 1 aliphatic rings. The van der Waals surface area contributed by atoms with Crippen LogP contribution in [0.25, 0.3) is 0 Å². The van der Waals surface area contributed by atoms with Gasteiger partial charge >= 0.3 is 0 Å². The van der Waals surface area contributed by atoms with Gasteiger partial charge in [0.25, 0.3) is 0 Å². The summed E-state index contributed by atoms with van der Waals surface area (Å²) in [6, 6.07) is 11.3. The van der Waals surface area contributed by atoms with Crippen LogP contribution in [0.1, 0.15) is 18.4 Å². The standard InChI is InChI=1S/C18H18F2N2O/c19-14-7-8-16(15(20)12-14)21-10-9-18(23)22-11-3-5-13-4-1-2-6-17(13)22/h1-2,4,6-8,12,21H,3,5,9-11H2. The normalized spacial score (nSPS) is 13.6. The molecule has 0 saturated carbocycles. The number of para-hydroxylation sites is 1. The Morgan fingerprint density at radius 3 is 2.83 bits per heavy atom. The zero-order valence-electron chi connectivity index (χ0n) is 12.7. The quantitative estimate of drug-likeness (QED) is 0.932. The van der Waals surface area contributed by atoms with E-state index in [0.717, 1.165) is 24.6 Å². The van der Waals surface area contributed by atoms with Crippen molar-refractivity contribution in [1.82, 2.24) is 0 Å². The molecule has 1 heterocycles. The highest BCUT2D eigenvalue weighted by atomic mass is 19.1. The Hall–Kier alpha value is -2.43. The van der Waals surface area contributed by atoms with Crippen molar-refractivity contribution in [2.75, 3.05) is 23.3 Å². The van der Waals surface area contributed by atoms with Crippen molar-refractivity contribution in [3.05, 3.63) is 59.7 Å². The summed E-state index contributed by atoms with van der Waals surface area (Å²) in [6.45, 7) is 1.01. The van der Waals surface area contributed by atoms with Crippen LogP contribution >= 0.6 is 0 Å². The van der Waals surface area contributed by atoms with E-state index >= 15 is 0 Å². The van der Waals surface area contributed by atoms with Crippen LogP contribution in [0.15, 0.2) is 42.5 Å². The molecule has 0 unspecified atom stereocenters. The molecule has 1 aliphatic heterocycles. The van der Waals surface area contributed by atoms with E-state index in [1.165, 1.54) is 17.7 Å². The molecule has 3 nitrogen and oxygen atoms in total. The van der Waals surface area contributed by atoms with Crippen LogP contribution in [0.4, 0.5) is 20.2 Å². The number of hydrogen-bond acceptors (Lipinski definition) is 2. The van der Waals surface area contributed by atoms with Crippen LogP contribution < -0.4 is 10.2 Å². The van der Waals surface area contributed by atoms with Gasteiger partial charge in [-0.1, -0.05) is 18.2 Å². The van der Waals surface area contributed by atoms with Gasteiger partial charge in [0.1, 0.15) is 11.6 Å². The number of benzene rings is 2. The predicted octanol–water partition coefficient (Wildman–Crippen LogP) is 3.75. The Morgan fingerprint density at radius 1 is 1.17 bits per heavy atom. The summed E-state index contributed by atoms with van der Waals surface area (Å²) in [4.78, 5) is 14.2. The van der Waals surface area contributed by atoms with Crippen molar-refractivity contribution in [3.8, 4) is 0 Å². The Balaban J connectivity index is 1.60. The SMILES string of the molecule is O=C(CCNc1ccc(F)cc1F)N1CCCc2ccccc21. The molecule has 23 heavy (non-hydrogen) atoms. The van der Waals surface area contributed by atoms with E-state index in [1.807, 2.05) is 24.3 Å². The second-order valence-corrected chi connectivity index (χ2v) is 5.58. The highest BCUT2D eigenvalue weighted by Crippen LogP contribution is 2.27. The van der Waals surface area contributed by atoms with Gasteiger partial charge in [-0.3, -0.25) is 4.79 Å². The monoisotopic (exact) mass is 316 g/mol. The fraction of sp³-hybridized carbons (Fsp3) is 0.278. The zero-order valence-corrected chi connectivity index (χ0v) is 12.7. The maximum atomic E-state index is 13.5. The molecule has 0 fully saturated rings. The van der Waals surface area contributed by atoms with Crippen molar-refractivity contribution >= 4 is 17.3 Å². The molecule has 3 rings (SSSR count). The lowest BCUT2D eigenvalue weighted by Gasteiger charge is -2.29. The number of halogens is 2. The fourth-order valence-electron chi connectivity index (χ4n) is 2.86. The second-order valence-electron chi connectivity index (χ2n) is 5.58. The van der Waals surface area contributed by atoms with Gasteiger partial charge in [0.15, 0.2) is 0 Å². The third kappa shape index (κ3) is 3.50. The smallest absolute Gasteiger partial charge is 0.228 e. The molecule has 0 radical (unpaired) electrons. The Bertz CT molecular complexity index is 718. The molecule has 1 N–H and O–H groups in total. The van der Waals surface area contributed by atoms with Crippen molar-refractivity contribution in [2.24, 2.45) is 0 Å². The number of fused-ring (bicyclic) bond motifs is 1. The second kappa shape index (κ2) is 6.77. The molecule has 5 heteroatoms. The number of carbonyl (C=O) groups excluding carboxylic acids is 1. The van der Waals surface area contributed by atoms with Crippen molar-refractivity contribution in [1.29, 1.82) is 0 Å². The summed E-state index contributed by atoms with van der Waals surface area (Å²) < 4.78 is 26.4. The Labute approximate surface area is 133 Å². The van der Waals surface area contributed by atoms with Crippen LogP contribution in [-0.4, -0.2) is 19.0 Å². The highest BCUT2D eigenvalue weighted by Gasteiger charge is 2.21. The topological polar surface area (TPSA) is 32.3 Å². The van der Waals surface area contributed by atoms with E-state index < -0.39 is 11.6 Å². The molecule has 0 saturated heterocycles. The van der Waals surface area contributed by atoms with Gasteiger partial charge in [-0.25, -0.2) is 8.78 Å². The number of anilines is 2. The van der Waals surface area contributed by atoms with Crippen LogP contribution in [0, 0.1) is 11.6 Å². The molecular formula is C18H18F2N2O. The summed E-state index contributed by atoms with van der Waals surface area (Å²) in [5.74, 6) is -1.26. The molecule has 0 spiro atoms. The molecule has 1 amide bonds. The van der Waals surface area contributed by atoms with Gasteiger partial charge in [-0.05, 0) is 36.6 Å². The summed E-state index contributed by atoms with van der Waals surface area (Å²) >= 11 is 0. The number of nitrogens with one attached hydrogen (secondary N) is 1. The van der Waals surface area contributed by atoms with Gasteiger partial charge in [-0.15, -0.1) is 0 Å². The Kier molecular flexibility index (Phi) is 4.55. The van der Waals surface area contributed by atoms with Gasteiger partial charge in [0.05, 0.1) is 5.69 Å². The maximum Gasteiger partial charge on any atom is 0.228 e. The third-order valence-corrected chi connectivity index (χ3v) is 4.00. The molecular weight excluding hydrogens is 298 g/mol. The van der Waals surface area contributed by atoms with Crippen LogP contribution in [0.3, 0.4) is 0 Å². The first-order valence-corrected chi connectivity index (χ1v) is 7.72. The molecule has 0 aromatic heterocycles. The van der Waals surface area contributed by atoms with E-state index in [9.17, 15) is 13.6 Å². The number of rotatable bonds is 4. The first-order valence-electron chi connectivity index (χ1n) is 7.72. The summed E-state index contributed by atoms with van der Waals surface area (Å²) in [5, 5.41) is 2.84. The third-order valence-electron chi connectivity index (χ3n) is 4.00. The van der Waals surface area contributed by atoms with Gasteiger partial charge in [0, 0.05) is 31.3 Å². The van der Waals surface area contributed by atoms with Crippen LogP contribution in [-0.2, 0) is 11.2 Å². The fourth-order valence-corrected chi connectivity index (χ4v) is 2.86. The first kappa shape index (κ1) is 15.5. The number of hydrogen-bond donors (Lipinski definition) is 1. The highest BCUT2D eigenvalue weighted by molar-refractivity contribution is 5.94. The predicted molar refractivity (Wildman–Crippen MR) is 86.6 cm³/mol. The molecule has 120 valence electrons. The molecule has 2 aromatic carbocycles. The maximum absolute atomic E-state index is 13.5. The van der Waals surface area contributed by atoms with E-state index in [0.29, 0.717) is 13.1 Å². The van der Waals surface area contributed by atoms with Crippen LogP contribution in [0.5, 0.6) is 0 Å². The van der Waals surface area contributed by atoms with Crippen LogP contribution in [0.2, 0.25) is 0 Å². The lowest BCUT2D eigenvalue weighted by Crippen LogP contribution is -2.36. The summed E-state index contributed by atoms with van der Waals surface area (Å²) in [6.07, 6.45) is 2.19. The molecule has 0 bridgehead atoms. The number of amides is 1. The van der Waals surface area contributed by atoms with Crippen molar-refractivity contribution in [2.45, 2.75) is 19.3 Å². The zero-order chi connectivity index (χ0) is 16.2. The number of nitrogens with zero attached hydrogens (tertiary/aromatic N) is 1. The first-order chi connectivity index (χ1) is 11.1. The molecule has 0 aliphatic carbocycles. The summed E-state index contributed by atoms with van der Waals surface area (Å²) in [5.41, 5.74) is 2.36. The van der Waals surface area contributed by atoms with Gasteiger partial charge in [-0.2, -0.15) is 0 Å². The number of carbonyl (C=O) groups is 1. The Morgan fingerprint density at radius 2 is 2.00 bits per heavy atom. The van der Waals surface area contributed by atoms with E-state index in [4.69, 9.17) is 0 Å². The van der Waals surface area contributed by atoms with Gasteiger partial charge in [0.2, 0.25) is 5.91 Å². The van der Waals surface area contributed by atoms with E-state index in [-0.39, 0.29) is 18.0 Å². The largest absolute Gasteiger partial charge is 0.382 e.